The van der Waals surface area contributed by atoms with Gasteiger partial charge in [-0.15, -0.1) is 0 Å². The van der Waals surface area contributed by atoms with Crippen LogP contribution in [-0.4, -0.2) is 24.9 Å². The molecule has 0 amide bonds. The number of fused-ring (bicyclic) bond motifs is 1. The van der Waals surface area contributed by atoms with E-state index in [4.69, 9.17) is 9.47 Å². The van der Waals surface area contributed by atoms with Crippen molar-refractivity contribution >= 4 is 0 Å². The molecule has 1 N–H and O–H groups in total. The van der Waals surface area contributed by atoms with Gasteiger partial charge in [0.05, 0.1) is 6.61 Å². The minimum Gasteiger partial charge on any atom is -0.486 e. The summed E-state index contributed by atoms with van der Waals surface area (Å²) in [5, 5.41) is 9.59. The van der Waals surface area contributed by atoms with Crippen LogP contribution in [0.2, 0.25) is 0 Å². The average Bonchev–Trinajstić information content (AvgIpc) is 2.52. The lowest BCUT2D eigenvalue weighted by Crippen LogP contribution is -2.15. The smallest absolute Gasteiger partial charge is 0.161 e. The molecule has 1 atom stereocenters. The van der Waals surface area contributed by atoms with Crippen LogP contribution in [-0.2, 0) is 6.42 Å². The Morgan fingerprint density at radius 3 is 2.62 bits per heavy atom. The summed E-state index contributed by atoms with van der Waals surface area (Å²) >= 11 is 0. The summed E-state index contributed by atoms with van der Waals surface area (Å²) in [6.45, 7) is 1.08. The summed E-state index contributed by atoms with van der Waals surface area (Å²) in [6.07, 6.45) is 0.622. The Morgan fingerprint density at radius 2 is 1.86 bits per heavy atom. The summed E-state index contributed by atoms with van der Waals surface area (Å²) in [4.78, 5) is 0. The van der Waals surface area contributed by atoms with Gasteiger partial charge >= 0.3 is 0 Å². The van der Waals surface area contributed by atoms with Gasteiger partial charge in [0.15, 0.2) is 11.5 Å². The number of hydrogen-bond acceptors (Lipinski definition) is 3. The Kier molecular flexibility index (Phi) is 4.06. The van der Waals surface area contributed by atoms with Crippen LogP contribution in [0, 0.1) is 5.82 Å². The monoisotopic (exact) mass is 288 g/mol. The van der Waals surface area contributed by atoms with Crippen molar-refractivity contribution in [3.05, 3.63) is 59.4 Å². The van der Waals surface area contributed by atoms with Crippen LogP contribution in [0.25, 0.3) is 0 Å². The minimum atomic E-state index is -0.284. The molecule has 3 rings (SSSR count). The Hall–Kier alpha value is -2.07. The van der Waals surface area contributed by atoms with Crippen LogP contribution in [0.15, 0.2) is 42.5 Å². The van der Waals surface area contributed by atoms with Gasteiger partial charge in [0.25, 0.3) is 0 Å². The number of aliphatic hydroxyl groups excluding tert-OH is 1. The molecule has 0 spiro atoms. The van der Waals surface area contributed by atoms with Crippen molar-refractivity contribution < 1.29 is 19.0 Å². The van der Waals surface area contributed by atoms with Crippen LogP contribution in [0.1, 0.15) is 17.0 Å². The molecule has 0 saturated carbocycles. The molecule has 2 aromatic carbocycles. The fourth-order valence-electron chi connectivity index (χ4n) is 2.55. The topological polar surface area (TPSA) is 38.7 Å². The van der Waals surface area contributed by atoms with E-state index in [0.29, 0.717) is 19.6 Å². The molecule has 3 nitrogen and oxygen atoms in total. The van der Waals surface area contributed by atoms with Crippen molar-refractivity contribution in [3.8, 4) is 11.5 Å². The zero-order valence-corrected chi connectivity index (χ0v) is 11.6. The second kappa shape index (κ2) is 6.14. The van der Waals surface area contributed by atoms with E-state index in [1.165, 1.54) is 12.1 Å². The molecule has 1 heterocycles. The van der Waals surface area contributed by atoms with Gasteiger partial charge in [0.2, 0.25) is 0 Å². The molecule has 110 valence electrons. The highest BCUT2D eigenvalue weighted by atomic mass is 19.1. The molecule has 21 heavy (non-hydrogen) atoms. The van der Waals surface area contributed by atoms with Crippen molar-refractivity contribution in [2.45, 2.75) is 12.3 Å². The number of hydrogen-bond donors (Lipinski definition) is 1. The van der Waals surface area contributed by atoms with Crippen LogP contribution >= 0.6 is 0 Å². The van der Waals surface area contributed by atoms with Gasteiger partial charge in [0, 0.05) is 5.92 Å². The van der Waals surface area contributed by atoms with Crippen molar-refractivity contribution in [2.24, 2.45) is 0 Å². The SMILES string of the molecule is OCC(Cc1ccc2c(c1)OCCO2)c1cccc(F)c1. The van der Waals surface area contributed by atoms with Crippen molar-refractivity contribution in [1.29, 1.82) is 0 Å². The van der Waals surface area contributed by atoms with Gasteiger partial charge in [0.1, 0.15) is 19.0 Å². The highest BCUT2D eigenvalue weighted by Crippen LogP contribution is 2.32. The van der Waals surface area contributed by atoms with Gasteiger partial charge in [-0.05, 0) is 41.8 Å². The molecule has 1 aliphatic rings. The third-order valence-electron chi connectivity index (χ3n) is 3.63. The molecule has 1 unspecified atom stereocenters. The Balaban J connectivity index is 1.81. The number of ether oxygens (including phenoxy) is 2. The van der Waals surface area contributed by atoms with Crippen LogP contribution in [0.4, 0.5) is 4.39 Å². The summed E-state index contributed by atoms with van der Waals surface area (Å²) < 4.78 is 24.4. The highest BCUT2D eigenvalue weighted by Gasteiger charge is 2.16. The molecule has 1 aliphatic heterocycles. The fourth-order valence-corrected chi connectivity index (χ4v) is 2.55. The van der Waals surface area contributed by atoms with Crippen LogP contribution < -0.4 is 9.47 Å². The predicted molar refractivity (Wildman–Crippen MR) is 77.4 cm³/mol. The quantitative estimate of drug-likeness (QED) is 0.940. The largest absolute Gasteiger partial charge is 0.486 e. The van der Waals surface area contributed by atoms with E-state index in [1.807, 2.05) is 24.3 Å². The molecular formula is C17H17FO3. The van der Waals surface area contributed by atoms with E-state index in [0.717, 1.165) is 22.6 Å². The third kappa shape index (κ3) is 3.16. The number of aliphatic hydroxyl groups is 1. The van der Waals surface area contributed by atoms with E-state index in [1.54, 1.807) is 6.07 Å². The van der Waals surface area contributed by atoms with E-state index < -0.39 is 0 Å². The van der Waals surface area contributed by atoms with Crippen molar-refractivity contribution in [1.82, 2.24) is 0 Å². The predicted octanol–water partition coefficient (Wildman–Crippen LogP) is 2.92. The molecule has 0 aromatic heterocycles. The summed E-state index contributed by atoms with van der Waals surface area (Å²) in [5.41, 5.74) is 1.83. The lowest BCUT2D eigenvalue weighted by Gasteiger charge is -2.20. The normalized spacial score (nSPS) is 14.8. The highest BCUT2D eigenvalue weighted by molar-refractivity contribution is 5.44. The maximum atomic E-state index is 13.3. The number of rotatable bonds is 4. The summed E-state index contributed by atoms with van der Waals surface area (Å²) in [5.74, 6) is 1.06. The van der Waals surface area contributed by atoms with Crippen LogP contribution in [0.5, 0.6) is 11.5 Å². The van der Waals surface area contributed by atoms with Gasteiger partial charge in [-0.1, -0.05) is 18.2 Å². The van der Waals surface area contributed by atoms with E-state index in [2.05, 4.69) is 0 Å². The standard InChI is InChI=1S/C17H17FO3/c18-15-3-1-2-13(10-15)14(11-19)8-12-4-5-16-17(9-12)21-7-6-20-16/h1-5,9-10,14,19H,6-8,11H2. The van der Waals surface area contributed by atoms with E-state index in [-0.39, 0.29) is 18.3 Å². The minimum absolute atomic E-state index is 0.0299. The molecule has 0 bridgehead atoms. The molecule has 0 radical (unpaired) electrons. The van der Waals surface area contributed by atoms with Crippen LogP contribution in [0.3, 0.4) is 0 Å². The average molecular weight is 288 g/mol. The number of benzene rings is 2. The van der Waals surface area contributed by atoms with Gasteiger partial charge in [-0.25, -0.2) is 4.39 Å². The summed E-state index contributed by atoms with van der Waals surface area (Å²) in [6, 6.07) is 12.1. The first kappa shape index (κ1) is 13.9. The van der Waals surface area contributed by atoms with E-state index in [9.17, 15) is 9.50 Å². The molecule has 0 saturated heterocycles. The second-order valence-electron chi connectivity index (χ2n) is 5.12. The Labute approximate surface area is 122 Å². The van der Waals surface area contributed by atoms with Gasteiger partial charge in [-0.2, -0.15) is 0 Å². The van der Waals surface area contributed by atoms with Gasteiger partial charge < -0.3 is 14.6 Å². The third-order valence-corrected chi connectivity index (χ3v) is 3.63. The van der Waals surface area contributed by atoms with Crippen molar-refractivity contribution in [2.75, 3.05) is 19.8 Å². The van der Waals surface area contributed by atoms with Gasteiger partial charge in [-0.3, -0.25) is 0 Å². The molecular weight excluding hydrogens is 271 g/mol. The first-order valence-corrected chi connectivity index (χ1v) is 7.01. The first-order chi connectivity index (χ1) is 10.3. The summed E-state index contributed by atoms with van der Waals surface area (Å²) in [7, 11) is 0. The second-order valence-corrected chi connectivity index (χ2v) is 5.12. The lowest BCUT2D eigenvalue weighted by atomic mass is 9.92. The zero-order valence-electron chi connectivity index (χ0n) is 11.6. The van der Waals surface area contributed by atoms with Crippen molar-refractivity contribution in [3.63, 3.8) is 0 Å². The molecule has 2 aromatic rings. The number of halogens is 1. The molecule has 0 aliphatic carbocycles. The molecule has 4 heteroatoms. The first-order valence-electron chi connectivity index (χ1n) is 7.01. The maximum Gasteiger partial charge on any atom is 0.161 e. The lowest BCUT2D eigenvalue weighted by molar-refractivity contribution is 0.171. The Morgan fingerprint density at radius 1 is 1.05 bits per heavy atom. The molecule has 0 fully saturated rings. The van der Waals surface area contributed by atoms with E-state index >= 15 is 0 Å². The Bertz CT molecular complexity index is 627. The fraction of sp³-hybridized carbons (Fsp3) is 0.294. The maximum absolute atomic E-state index is 13.3. The zero-order chi connectivity index (χ0) is 14.7.